The molecule has 1 aliphatic rings. The highest BCUT2D eigenvalue weighted by molar-refractivity contribution is 8.03. The maximum absolute atomic E-state index is 12.7. The predicted molar refractivity (Wildman–Crippen MR) is 89.9 cm³/mol. The quantitative estimate of drug-likeness (QED) is 0.786. The lowest BCUT2D eigenvalue weighted by Crippen LogP contribution is -2.41. The zero-order valence-electron chi connectivity index (χ0n) is 13.0. The van der Waals surface area contributed by atoms with Gasteiger partial charge in [0.05, 0.1) is 14.6 Å². The molecule has 1 aliphatic heterocycles. The van der Waals surface area contributed by atoms with E-state index in [2.05, 4.69) is 15.2 Å². The summed E-state index contributed by atoms with van der Waals surface area (Å²) < 4.78 is 41.1. The van der Waals surface area contributed by atoms with Gasteiger partial charge in [-0.2, -0.15) is 8.42 Å². The molecule has 5 nitrogen and oxygen atoms in total. The Morgan fingerprint density at radius 3 is 2.32 bits per heavy atom. The Kier molecular flexibility index (Phi) is 5.09. The molecule has 1 aromatic carbocycles. The van der Waals surface area contributed by atoms with E-state index < -0.39 is 19.8 Å². The fourth-order valence-corrected chi connectivity index (χ4v) is 6.45. The van der Waals surface area contributed by atoms with E-state index in [-0.39, 0.29) is 16.4 Å². The molecule has 1 fully saturated rings. The lowest BCUT2D eigenvalue weighted by atomic mass is 10.2. The summed E-state index contributed by atoms with van der Waals surface area (Å²) in [5, 5.41) is 0. The molecule has 0 atom stereocenters. The number of sulfonamides is 1. The Bertz CT molecular complexity index is 760. The average molecular weight is 342 g/mol. The molecule has 22 heavy (non-hydrogen) atoms. The van der Waals surface area contributed by atoms with Crippen molar-refractivity contribution in [1.82, 2.24) is 4.90 Å². The fraction of sp³-hybridized carbons (Fsp3) is 0.467. The van der Waals surface area contributed by atoms with Crippen LogP contribution in [-0.2, 0) is 19.8 Å². The molecule has 1 saturated heterocycles. The Morgan fingerprint density at radius 1 is 1.27 bits per heavy atom. The van der Waals surface area contributed by atoms with Crippen molar-refractivity contribution in [3.63, 3.8) is 0 Å². The Labute approximate surface area is 133 Å². The predicted octanol–water partition coefficient (Wildman–Crippen LogP) is 2.04. The van der Waals surface area contributed by atoms with Gasteiger partial charge >= 0.3 is 0 Å². The summed E-state index contributed by atoms with van der Waals surface area (Å²) in [5.41, 5.74) is 2.01. The summed E-state index contributed by atoms with van der Waals surface area (Å²) in [5.74, 6) is 0.566. The highest BCUT2D eigenvalue weighted by Gasteiger charge is 2.24. The lowest BCUT2D eigenvalue weighted by Gasteiger charge is -2.28. The van der Waals surface area contributed by atoms with Crippen LogP contribution in [0.2, 0.25) is 0 Å². The largest absolute Gasteiger partial charge is 0.298 e. The standard InChI is InChI=1S/C15H22N2O3S2/c1-13(2)12-17-8-10-21(18,11-9-17)16-22(19,20)15-6-4-14(3)5-7-15/h4-7H,1,8-12H2,2-3H3. The Balaban J connectivity index is 2.20. The van der Waals surface area contributed by atoms with E-state index in [1.165, 1.54) is 12.1 Å². The van der Waals surface area contributed by atoms with Crippen molar-refractivity contribution in [2.24, 2.45) is 3.77 Å². The van der Waals surface area contributed by atoms with Crippen LogP contribution in [0, 0.1) is 6.92 Å². The number of nitrogens with zero attached hydrogens (tertiary/aromatic N) is 2. The first-order valence-electron chi connectivity index (χ1n) is 7.12. The first-order valence-corrected chi connectivity index (χ1v) is 10.4. The van der Waals surface area contributed by atoms with Gasteiger partial charge in [0.25, 0.3) is 10.0 Å². The van der Waals surface area contributed by atoms with Gasteiger partial charge in [0.15, 0.2) is 0 Å². The highest BCUT2D eigenvalue weighted by atomic mass is 32.3. The van der Waals surface area contributed by atoms with Gasteiger partial charge in [0.2, 0.25) is 0 Å². The molecule has 1 aromatic rings. The van der Waals surface area contributed by atoms with Gasteiger partial charge in [0.1, 0.15) is 0 Å². The number of hydrogen-bond donors (Lipinski definition) is 0. The molecule has 0 aliphatic carbocycles. The zero-order chi connectivity index (χ0) is 16.4. The molecule has 7 heteroatoms. The molecule has 0 bridgehead atoms. The van der Waals surface area contributed by atoms with E-state index in [0.717, 1.165) is 17.7 Å². The first-order chi connectivity index (χ1) is 10.2. The van der Waals surface area contributed by atoms with E-state index in [4.69, 9.17) is 0 Å². The summed E-state index contributed by atoms with van der Waals surface area (Å²) in [6, 6.07) is 6.44. The van der Waals surface area contributed by atoms with Crippen LogP contribution in [0.3, 0.4) is 0 Å². The van der Waals surface area contributed by atoms with E-state index in [1.807, 2.05) is 13.8 Å². The van der Waals surface area contributed by atoms with Gasteiger partial charge in [0, 0.05) is 31.1 Å². The van der Waals surface area contributed by atoms with Crippen molar-refractivity contribution in [1.29, 1.82) is 0 Å². The van der Waals surface area contributed by atoms with Crippen LogP contribution < -0.4 is 0 Å². The Hall–Kier alpha value is -1.18. The smallest absolute Gasteiger partial charge is 0.290 e. The number of aryl methyl sites for hydroxylation is 1. The molecule has 1 heterocycles. The van der Waals surface area contributed by atoms with E-state index in [0.29, 0.717) is 13.1 Å². The maximum atomic E-state index is 12.7. The molecule has 0 aromatic heterocycles. The molecular formula is C15H22N2O3S2. The minimum atomic E-state index is -3.86. The second-order valence-electron chi connectivity index (χ2n) is 5.78. The number of rotatable bonds is 4. The molecule has 122 valence electrons. The second kappa shape index (κ2) is 6.52. The second-order valence-corrected chi connectivity index (χ2v) is 10.2. The fourth-order valence-electron chi connectivity index (χ4n) is 2.30. The molecule has 2 rings (SSSR count). The van der Waals surface area contributed by atoms with Gasteiger partial charge in [-0.1, -0.05) is 29.8 Å². The third kappa shape index (κ3) is 4.41. The number of benzene rings is 1. The van der Waals surface area contributed by atoms with Crippen molar-refractivity contribution >= 4 is 19.8 Å². The lowest BCUT2D eigenvalue weighted by molar-refractivity contribution is 0.324. The normalized spacial score (nSPS) is 18.8. The molecule has 0 amide bonds. The monoisotopic (exact) mass is 342 g/mol. The summed E-state index contributed by atoms with van der Waals surface area (Å²) in [6.45, 7) is 9.60. The van der Waals surface area contributed by atoms with Gasteiger partial charge in [-0.05, 0) is 26.0 Å². The van der Waals surface area contributed by atoms with Crippen LogP contribution in [0.1, 0.15) is 12.5 Å². The molecular weight excluding hydrogens is 320 g/mol. The van der Waals surface area contributed by atoms with E-state index >= 15 is 0 Å². The average Bonchev–Trinajstić information content (AvgIpc) is 2.41. The van der Waals surface area contributed by atoms with Gasteiger partial charge < -0.3 is 0 Å². The summed E-state index contributed by atoms with van der Waals surface area (Å²) >= 11 is 0. The van der Waals surface area contributed by atoms with Crippen LogP contribution in [0.4, 0.5) is 0 Å². The minimum Gasteiger partial charge on any atom is -0.298 e. The van der Waals surface area contributed by atoms with Gasteiger partial charge in [-0.3, -0.25) is 4.90 Å². The Morgan fingerprint density at radius 2 is 1.82 bits per heavy atom. The third-order valence-corrected chi connectivity index (χ3v) is 7.88. The van der Waals surface area contributed by atoms with Crippen molar-refractivity contribution in [3.05, 3.63) is 42.0 Å². The molecule has 0 N–H and O–H groups in total. The minimum absolute atomic E-state index is 0.102. The van der Waals surface area contributed by atoms with Crippen LogP contribution in [0.15, 0.2) is 45.1 Å². The SMILES string of the molecule is C=C(C)CN1CCS(=O)(=NS(=O)(=O)c2ccc(C)cc2)CC1. The number of hydrogen-bond acceptors (Lipinski definition) is 4. The maximum Gasteiger partial charge on any atom is 0.290 e. The van der Waals surface area contributed by atoms with Crippen LogP contribution >= 0.6 is 0 Å². The van der Waals surface area contributed by atoms with Gasteiger partial charge in [-0.15, -0.1) is 3.77 Å². The first kappa shape index (κ1) is 17.2. The van der Waals surface area contributed by atoms with Crippen molar-refractivity contribution < 1.29 is 12.6 Å². The third-order valence-electron chi connectivity index (χ3n) is 3.50. The van der Waals surface area contributed by atoms with Crippen LogP contribution in [-0.4, -0.2) is 48.7 Å². The van der Waals surface area contributed by atoms with Crippen molar-refractivity contribution in [3.8, 4) is 0 Å². The van der Waals surface area contributed by atoms with Gasteiger partial charge in [-0.25, -0.2) is 4.21 Å². The van der Waals surface area contributed by atoms with E-state index in [1.54, 1.807) is 12.1 Å². The topological polar surface area (TPSA) is 66.8 Å². The van der Waals surface area contributed by atoms with Crippen LogP contribution in [0.5, 0.6) is 0 Å². The molecule has 0 radical (unpaired) electrons. The molecule has 0 unspecified atom stereocenters. The molecule has 0 spiro atoms. The summed E-state index contributed by atoms with van der Waals surface area (Å²) in [7, 11) is -6.57. The van der Waals surface area contributed by atoms with Crippen molar-refractivity contribution in [2.75, 3.05) is 31.1 Å². The highest BCUT2D eigenvalue weighted by Crippen LogP contribution is 2.17. The van der Waals surface area contributed by atoms with E-state index in [9.17, 15) is 12.6 Å². The summed E-state index contributed by atoms with van der Waals surface area (Å²) in [6.07, 6.45) is 0. The summed E-state index contributed by atoms with van der Waals surface area (Å²) in [4.78, 5) is 2.23. The molecule has 0 saturated carbocycles. The van der Waals surface area contributed by atoms with Crippen LogP contribution in [0.25, 0.3) is 0 Å². The zero-order valence-corrected chi connectivity index (χ0v) is 14.6. The van der Waals surface area contributed by atoms with Crippen molar-refractivity contribution in [2.45, 2.75) is 18.7 Å².